The van der Waals surface area contributed by atoms with E-state index in [-0.39, 0.29) is 18.0 Å². The Labute approximate surface area is 256 Å². The van der Waals surface area contributed by atoms with E-state index in [0.717, 1.165) is 79.4 Å². The molecule has 0 bridgehead atoms. The van der Waals surface area contributed by atoms with Gasteiger partial charge < -0.3 is 19.9 Å². The lowest BCUT2D eigenvalue weighted by Crippen LogP contribution is -2.37. The molecule has 0 spiro atoms. The van der Waals surface area contributed by atoms with Gasteiger partial charge in [0.15, 0.2) is 0 Å². The fraction of sp³-hybridized carbons (Fsp3) is 0.500. The summed E-state index contributed by atoms with van der Waals surface area (Å²) in [5.41, 5.74) is 8.36. The number of rotatable bonds is 9. The number of pyridine rings is 1. The molecule has 0 unspecified atom stereocenters. The van der Waals surface area contributed by atoms with Crippen LogP contribution in [0, 0.1) is 20.8 Å². The molecule has 2 fully saturated rings. The predicted molar refractivity (Wildman–Crippen MR) is 175 cm³/mol. The molecule has 1 saturated carbocycles. The van der Waals surface area contributed by atoms with E-state index in [1.54, 1.807) is 0 Å². The third-order valence-corrected chi connectivity index (χ3v) is 9.22. The highest BCUT2D eigenvalue weighted by Gasteiger charge is 2.25. The first-order valence-corrected chi connectivity index (χ1v) is 16.1. The predicted octanol–water partition coefficient (Wildman–Crippen LogP) is 6.28. The summed E-state index contributed by atoms with van der Waals surface area (Å²) in [6.45, 7) is 13.7. The first-order chi connectivity index (χ1) is 20.8. The lowest BCUT2D eigenvalue weighted by atomic mass is 9.91. The number of carbonyl (C=O) groups excluding carboxylic acids is 1. The number of hydrogen-bond donors (Lipinski definition) is 2. The second-order valence-corrected chi connectivity index (χ2v) is 12.3. The van der Waals surface area contributed by atoms with Crippen LogP contribution in [0.3, 0.4) is 0 Å². The van der Waals surface area contributed by atoms with Crippen LogP contribution in [0.15, 0.2) is 47.3 Å². The number of carbonyl (C=O) groups is 1. The van der Waals surface area contributed by atoms with Crippen LogP contribution in [-0.4, -0.2) is 54.7 Å². The first-order valence-electron chi connectivity index (χ1n) is 16.1. The van der Waals surface area contributed by atoms with E-state index >= 15 is 0 Å². The SMILES string of the molecule is CCN(c1cc(-c2ccc(CN3CCCOCC3)cc2)cc(C(=O)NCc2c(C)cc(C)[nH]c2=O)c1C)C1CCCCC1. The van der Waals surface area contributed by atoms with Crippen molar-refractivity contribution in [2.24, 2.45) is 0 Å². The van der Waals surface area contributed by atoms with Gasteiger partial charge in [-0.25, -0.2) is 0 Å². The van der Waals surface area contributed by atoms with Gasteiger partial charge in [0.2, 0.25) is 0 Å². The molecule has 1 aliphatic carbocycles. The zero-order chi connectivity index (χ0) is 30.3. The van der Waals surface area contributed by atoms with Crippen LogP contribution >= 0.6 is 0 Å². The maximum absolute atomic E-state index is 13.8. The fourth-order valence-corrected chi connectivity index (χ4v) is 6.80. The third-order valence-electron chi connectivity index (χ3n) is 9.22. The zero-order valence-corrected chi connectivity index (χ0v) is 26.4. The van der Waals surface area contributed by atoms with Crippen LogP contribution in [0.1, 0.15) is 83.8 Å². The maximum Gasteiger partial charge on any atom is 0.253 e. The second kappa shape index (κ2) is 14.4. The van der Waals surface area contributed by atoms with Crippen molar-refractivity contribution >= 4 is 11.6 Å². The van der Waals surface area contributed by atoms with Crippen LogP contribution in [0.5, 0.6) is 0 Å². The average Bonchev–Trinajstić information content (AvgIpc) is 3.27. The first kappa shape index (κ1) is 31.0. The van der Waals surface area contributed by atoms with Gasteiger partial charge in [0.05, 0.1) is 6.61 Å². The summed E-state index contributed by atoms with van der Waals surface area (Å²) in [7, 11) is 0. The molecule has 1 saturated heterocycles. The van der Waals surface area contributed by atoms with Gasteiger partial charge in [0, 0.05) is 67.9 Å². The van der Waals surface area contributed by atoms with E-state index in [1.165, 1.54) is 37.7 Å². The molecule has 2 aliphatic rings. The van der Waals surface area contributed by atoms with Crippen molar-refractivity contribution in [3.05, 3.63) is 86.3 Å². The highest BCUT2D eigenvalue weighted by Crippen LogP contribution is 2.35. The van der Waals surface area contributed by atoms with E-state index in [0.29, 0.717) is 17.2 Å². The molecule has 2 aromatic carbocycles. The summed E-state index contributed by atoms with van der Waals surface area (Å²) in [6.07, 6.45) is 7.25. The third kappa shape index (κ3) is 7.57. The van der Waals surface area contributed by atoms with E-state index in [2.05, 4.69) is 64.3 Å². The molecule has 3 aromatic rings. The van der Waals surface area contributed by atoms with Crippen molar-refractivity contribution < 1.29 is 9.53 Å². The topological polar surface area (TPSA) is 77.7 Å². The number of H-pyrrole nitrogens is 1. The number of aryl methyl sites for hydroxylation is 2. The van der Waals surface area contributed by atoms with E-state index in [9.17, 15) is 9.59 Å². The lowest BCUT2D eigenvalue weighted by Gasteiger charge is -2.37. The summed E-state index contributed by atoms with van der Waals surface area (Å²) in [4.78, 5) is 34.3. The standard InChI is InChI=1S/C36H48N4O3/c1-5-40(31-10-7-6-8-11-31)34-22-30(29-14-12-28(13-15-29)24-39-16-9-18-43-19-17-39)21-32(27(34)4)35(41)37-23-33-25(2)20-26(3)38-36(33)42/h12-15,20-22,31H,5-11,16-19,23-24H2,1-4H3,(H,37,41)(H,38,42). The molecular weight excluding hydrogens is 536 g/mol. The Morgan fingerprint density at radius 2 is 1.74 bits per heavy atom. The van der Waals surface area contributed by atoms with Gasteiger partial charge >= 0.3 is 0 Å². The molecule has 7 nitrogen and oxygen atoms in total. The molecule has 2 heterocycles. The van der Waals surface area contributed by atoms with Gasteiger partial charge in [-0.1, -0.05) is 43.5 Å². The smallest absolute Gasteiger partial charge is 0.253 e. The molecule has 43 heavy (non-hydrogen) atoms. The van der Waals surface area contributed by atoms with Gasteiger partial charge in [-0.15, -0.1) is 0 Å². The van der Waals surface area contributed by atoms with E-state index < -0.39 is 0 Å². The highest BCUT2D eigenvalue weighted by molar-refractivity contribution is 5.99. The second-order valence-electron chi connectivity index (χ2n) is 12.3. The molecule has 7 heteroatoms. The number of hydrogen-bond acceptors (Lipinski definition) is 5. The van der Waals surface area contributed by atoms with Gasteiger partial charge in [0.1, 0.15) is 0 Å². The van der Waals surface area contributed by atoms with Crippen LogP contribution < -0.4 is 15.8 Å². The Bertz CT molecular complexity index is 1450. The lowest BCUT2D eigenvalue weighted by molar-refractivity contribution is 0.0950. The van der Waals surface area contributed by atoms with Gasteiger partial charge in [-0.3, -0.25) is 14.5 Å². The monoisotopic (exact) mass is 584 g/mol. The van der Waals surface area contributed by atoms with Gasteiger partial charge in [0.25, 0.3) is 11.5 Å². The molecule has 230 valence electrons. The van der Waals surface area contributed by atoms with Crippen LogP contribution in [-0.2, 0) is 17.8 Å². The normalized spacial score (nSPS) is 16.6. The number of aromatic nitrogens is 1. The summed E-state index contributed by atoms with van der Waals surface area (Å²) < 4.78 is 5.63. The Hall–Kier alpha value is -3.42. The van der Waals surface area contributed by atoms with Crippen molar-refractivity contribution in [2.45, 2.75) is 85.4 Å². The quantitative estimate of drug-likeness (QED) is 0.310. The summed E-state index contributed by atoms with van der Waals surface area (Å²) in [5.74, 6) is -0.153. The van der Waals surface area contributed by atoms with Gasteiger partial charge in [-0.05, 0) is 93.0 Å². The largest absolute Gasteiger partial charge is 0.380 e. The number of aromatic amines is 1. The zero-order valence-electron chi connectivity index (χ0n) is 26.4. The number of anilines is 1. The van der Waals surface area contributed by atoms with Crippen molar-refractivity contribution in [1.82, 2.24) is 15.2 Å². The Balaban J connectivity index is 1.46. The molecule has 1 amide bonds. The minimum Gasteiger partial charge on any atom is -0.380 e. The average molecular weight is 585 g/mol. The molecule has 1 aromatic heterocycles. The Morgan fingerprint density at radius 3 is 2.47 bits per heavy atom. The minimum absolute atomic E-state index is 0.147. The molecular formula is C36H48N4O3. The number of amides is 1. The minimum atomic E-state index is -0.153. The molecule has 1 aliphatic heterocycles. The van der Waals surface area contributed by atoms with Crippen molar-refractivity contribution in [2.75, 3.05) is 37.7 Å². The summed E-state index contributed by atoms with van der Waals surface area (Å²) in [5, 5.41) is 3.07. The fourth-order valence-electron chi connectivity index (χ4n) is 6.80. The Kier molecular flexibility index (Phi) is 10.4. The molecule has 0 radical (unpaired) electrons. The van der Waals surface area contributed by atoms with Crippen LogP contribution in [0.25, 0.3) is 11.1 Å². The summed E-state index contributed by atoms with van der Waals surface area (Å²) in [6, 6.07) is 15.5. The molecule has 0 atom stereocenters. The Morgan fingerprint density at radius 1 is 0.977 bits per heavy atom. The van der Waals surface area contributed by atoms with Gasteiger partial charge in [-0.2, -0.15) is 0 Å². The van der Waals surface area contributed by atoms with Crippen molar-refractivity contribution in [3.63, 3.8) is 0 Å². The molecule has 2 N–H and O–H groups in total. The maximum atomic E-state index is 13.8. The van der Waals surface area contributed by atoms with Crippen LogP contribution in [0.2, 0.25) is 0 Å². The number of nitrogens with one attached hydrogen (secondary N) is 2. The summed E-state index contributed by atoms with van der Waals surface area (Å²) >= 11 is 0. The molecule has 5 rings (SSSR count). The number of nitrogens with zero attached hydrogens (tertiary/aromatic N) is 2. The van der Waals surface area contributed by atoms with Crippen molar-refractivity contribution in [3.8, 4) is 11.1 Å². The van der Waals surface area contributed by atoms with Crippen molar-refractivity contribution in [1.29, 1.82) is 0 Å². The van der Waals surface area contributed by atoms with E-state index in [4.69, 9.17) is 4.74 Å². The number of ether oxygens (including phenoxy) is 1. The van der Waals surface area contributed by atoms with E-state index in [1.807, 2.05) is 26.0 Å². The van der Waals surface area contributed by atoms with Crippen LogP contribution in [0.4, 0.5) is 5.69 Å². The number of benzene rings is 2. The highest BCUT2D eigenvalue weighted by atomic mass is 16.5.